The van der Waals surface area contributed by atoms with E-state index in [1.807, 2.05) is 0 Å². The number of carbonyl (C=O) groups is 1. The molecule has 0 aliphatic rings. The number of ether oxygens (including phenoxy) is 2. The highest BCUT2D eigenvalue weighted by Crippen LogP contribution is 2.24. The summed E-state index contributed by atoms with van der Waals surface area (Å²) in [6.45, 7) is 9.14. The molecule has 5 atom stereocenters. The van der Waals surface area contributed by atoms with Gasteiger partial charge in [-0.3, -0.25) is 4.79 Å². The number of nitrogens with zero attached hydrogens (tertiary/aromatic N) is 2. The lowest BCUT2D eigenvalue weighted by molar-refractivity contribution is -0.893. The number of aliphatic hydroxyl groups excluding tert-OH is 3. The van der Waals surface area contributed by atoms with Crippen molar-refractivity contribution in [3.05, 3.63) is 0 Å². The summed E-state index contributed by atoms with van der Waals surface area (Å²) in [6, 6.07) is 0. The summed E-state index contributed by atoms with van der Waals surface area (Å²) in [5.74, 6) is 0.00491. The molecule has 0 saturated carbocycles. The number of rotatable bonds is 38. The van der Waals surface area contributed by atoms with Crippen LogP contribution in [0.3, 0.4) is 0 Å². The summed E-state index contributed by atoms with van der Waals surface area (Å²) in [6.07, 6.45) is 27.1. The van der Waals surface area contributed by atoms with Crippen LogP contribution in [0.4, 0.5) is 0 Å². The second-order valence-corrected chi connectivity index (χ2v) is 18.0. The summed E-state index contributed by atoms with van der Waals surface area (Å²) >= 11 is 0. The lowest BCUT2D eigenvalue weighted by atomic mass is 9.93. The van der Waals surface area contributed by atoms with E-state index in [1.54, 1.807) is 0 Å². The minimum Gasteiger partial charge on any atom is -0.462 e. The molecule has 8 heteroatoms. The van der Waals surface area contributed by atoms with Crippen molar-refractivity contribution >= 4 is 5.97 Å². The van der Waals surface area contributed by atoms with Crippen LogP contribution in [0.5, 0.6) is 0 Å². The maximum atomic E-state index is 12.8. The summed E-state index contributed by atoms with van der Waals surface area (Å²) in [7, 11) is 10.5. The molecule has 8 nitrogen and oxygen atoms in total. The molecule has 0 aliphatic carbocycles. The van der Waals surface area contributed by atoms with Crippen molar-refractivity contribution in [1.29, 1.82) is 0 Å². The number of hydrogen-bond donors (Lipinski definition) is 3. The number of carbonyl (C=O) groups excluding carboxylic acids is 1. The first-order chi connectivity index (χ1) is 24.7. The Hall–Kier alpha value is -0.770. The second-order valence-electron chi connectivity index (χ2n) is 18.0. The third-order valence-electron chi connectivity index (χ3n) is 10.7. The first-order valence-electron chi connectivity index (χ1n) is 22.2. The minimum atomic E-state index is -0.792. The van der Waals surface area contributed by atoms with Crippen LogP contribution >= 0.6 is 0 Å². The first kappa shape index (κ1) is 51.2. The Morgan fingerprint density at radius 2 is 0.942 bits per heavy atom. The predicted molar refractivity (Wildman–Crippen MR) is 219 cm³/mol. The number of quaternary nitrogens is 2. The molecule has 0 rings (SSSR count). The van der Waals surface area contributed by atoms with Gasteiger partial charge in [-0.2, -0.15) is 0 Å². The van der Waals surface area contributed by atoms with E-state index in [0.29, 0.717) is 17.6 Å². The molecule has 0 fully saturated rings. The third kappa shape index (κ3) is 31.6. The lowest BCUT2D eigenvalue weighted by Crippen LogP contribution is -2.47. The second kappa shape index (κ2) is 32.5. The largest absolute Gasteiger partial charge is 0.462 e. The maximum absolute atomic E-state index is 12.8. The molecule has 3 N–H and O–H groups in total. The molecule has 0 heterocycles. The number of likely N-dealkylation sites (N-methyl/N-ethyl adjacent to an activating group) is 2. The number of aliphatic hydroxyl groups is 3. The fraction of sp³-hybridized carbons (Fsp3) is 0.977. The van der Waals surface area contributed by atoms with Gasteiger partial charge >= 0.3 is 5.97 Å². The molecule has 5 unspecified atom stereocenters. The molecule has 0 aliphatic heterocycles. The summed E-state index contributed by atoms with van der Waals surface area (Å²) in [5, 5.41) is 31.9. The lowest BCUT2D eigenvalue weighted by Gasteiger charge is -2.32. The van der Waals surface area contributed by atoms with Crippen molar-refractivity contribution < 1.29 is 38.6 Å². The Balaban J connectivity index is 4.26. The third-order valence-corrected chi connectivity index (χ3v) is 10.7. The van der Waals surface area contributed by atoms with Gasteiger partial charge in [0.2, 0.25) is 0 Å². The Kier molecular flexibility index (Phi) is 32.0. The van der Waals surface area contributed by atoms with Gasteiger partial charge in [0, 0.05) is 5.92 Å². The van der Waals surface area contributed by atoms with Gasteiger partial charge in [0.1, 0.15) is 31.9 Å². The van der Waals surface area contributed by atoms with Crippen LogP contribution in [0.1, 0.15) is 181 Å². The van der Waals surface area contributed by atoms with E-state index >= 15 is 0 Å². The molecule has 52 heavy (non-hydrogen) atoms. The van der Waals surface area contributed by atoms with E-state index in [-0.39, 0.29) is 31.0 Å². The fourth-order valence-electron chi connectivity index (χ4n) is 7.49. The highest BCUT2D eigenvalue weighted by molar-refractivity contribution is 5.72. The van der Waals surface area contributed by atoms with Gasteiger partial charge in [-0.25, -0.2) is 0 Å². The van der Waals surface area contributed by atoms with E-state index in [1.165, 1.54) is 96.3 Å². The molecule has 0 bridgehead atoms. The van der Waals surface area contributed by atoms with Crippen LogP contribution in [0, 0.1) is 11.8 Å². The Morgan fingerprint density at radius 1 is 0.519 bits per heavy atom. The molecular formula is C44H92N2O6+2. The van der Waals surface area contributed by atoms with E-state index in [9.17, 15) is 20.1 Å². The van der Waals surface area contributed by atoms with Gasteiger partial charge in [0.15, 0.2) is 6.29 Å². The molecule has 0 saturated heterocycles. The monoisotopic (exact) mass is 745 g/mol. The number of esters is 1. The zero-order chi connectivity index (χ0) is 39.1. The van der Waals surface area contributed by atoms with E-state index in [2.05, 4.69) is 56.0 Å². The van der Waals surface area contributed by atoms with Crippen LogP contribution in [0.15, 0.2) is 0 Å². The first-order valence-corrected chi connectivity index (χ1v) is 22.2. The summed E-state index contributed by atoms with van der Waals surface area (Å²) in [4.78, 5) is 12.8. The zero-order valence-corrected chi connectivity index (χ0v) is 36.1. The molecular weight excluding hydrogens is 652 g/mol. The molecule has 0 spiro atoms. The van der Waals surface area contributed by atoms with Crippen molar-refractivity contribution in [2.75, 3.05) is 68.1 Å². The van der Waals surface area contributed by atoms with E-state index in [0.717, 1.165) is 75.2 Å². The SMILES string of the molecule is CCCCCCCCC(CCCCCCCCCCC[N+](C)(C)CC(O)COC(=O)C(CCCC)CCCCCC)C(O)OCC(O)C[N+](C)(C)C. The van der Waals surface area contributed by atoms with Crippen LogP contribution in [0.2, 0.25) is 0 Å². The summed E-state index contributed by atoms with van der Waals surface area (Å²) < 4.78 is 12.9. The van der Waals surface area contributed by atoms with Crippen molar-refractivity contribution in [2.24, 2.45) is 11.8 Å². The van der Waals surface area contributed by atoms with Crippen LogP contribution in [0.25, 0.3) is 0 Å². The standard InChI is InChI=1S/C44H92N2O6/c1-9-12-15-17-23-27-32-40(44(50)51-37-41(47)35-45(4,5)6)33-28-24-21-19-18-20-22-25-29-34-46(7,8)36-42(48)38-52-43(49)39(30-14-11-3)31-26-16-13-10-2/h39-42,44,47-48,50H,9-38H2,1-8H3/q+2. The highest BCUT2D eigenvalue weighted by atomic mass is 16.6. The molecule has 312 valence electrons. The van der Waals surface area contributed by atoms with Gasteiger partial charge < -0.3 is 33.8 Å². The molecule has 0 radical (unpaired) electrons. The zero-order valence-electron chi connectivity index (χ0n) is 36.1. The topological polar surface area (TPSA) is 96.2 Å². The molecule has 0 aromatic heterocycles. The van der Waals surface area contributed by atoms with Gasteiger partial charge in [-0.15, -0.1) is 0 Å². The van der Waals surface area contributed by atoms with Crippen LogP contribution in [-0.4, -0.2) is 117 Å². The quantitative estimate of drug-likeness (QED) is 0.0252. The number of hydrogen-bond acceptors (Lipinski definition) is 6. The molecule has 0 amide bonds. The normalized spacial score (nSPS) is 15.4. The van der Waals surface area contributed by atoms with Gasteiger partial charge in [0.05, 0.1) is 54.3 Å². The highest BCUT2D eigenvalue weighted by Gasteiger charge is 2.25. The van der Waals surface area contributed by atoms with Crippen LogP contribution in [-0.2, 0) is 14.3 Å². The van der Waals surface area contributed by atoms with Crippen molar-refractivity contribution in [3.63, 3.8) is 0 Å². The average molecular weight is 745 g/mol. The van der Waals surface area contributed by atoms with Crippen molar-refractivity contribution in [3.8, 4) is 0 Å². The van der Waals surface area contributed by atoms with Gasteiger partial charge in [-0.1, -0.05) is 143 Å². The minimum absolute atomic E-state index is 0.0259. The van der Waals surface area contributed by atoms with E-state index in [4.69, 9.17) is 9.47 Å². The van der Waals surface area contributed by atoms with Crippen LogP contribution < -0.4 is 0 Å². The van der Waals surface area contributed by atoms with Gasteiger partial charge in [-0.05, 0) is 38.5 Å². The molecule has 0 aromatic carbocycles. The fourth-order valence-corrected chi connectivity index (χ4v) is 7.49. The Labute approximate surface area is 323 Å². The Bertz CT molecular complexity index is 804. The predicted octanol–water partition coefficient (Wildman–Crippen LogP) is 9.41. The molecule has 0 aromatic rings. The smallest absolute Gasteiger partial charge is 0.309 e. The Morgan fingerprint density at radius 3 is 1.46 bits per heavy atom. The number of unbranched alkanes of at least 4 members (excludes halogenated alkanes) is 17. The maximum Gasteiger partial charge on any atom is 0.309 e. The van der Waals surface area contributed by atoms with Crippen molar-refractivity contribution in [1.82, 2.24) is 0 Å². The van der Waals surface area contributed by atoms with Crippen molar-refractivity contribution in [2.45, 2.75) is 200 Å². The summed E-state index contributed by atoms with van der Waals surface area (Å²) in [5.41, 5.74) is 0. The average Bonchev–Trinajstić information content (AvgIpc) is 3.07. The van der Waals surface area contributed by atoms with Gasteiger partial charge in [0.25, 0.3) is 0 Å². The van der Waals surface area contributed by atoms with E-state index < -0.39 is 18.5 Å².